The molecule has 0 unspecified atom stereocenters. The van der Waals surface area contributed by atoms with Crippen molar-refractivity contribution in [1.29, 1.82) is 0 Å². The lowest BCUT2D eigenvalue weighted by Gasteiger charge is -2.11. The van der Waals surface area contributed by atoms with Crippen molar-refractivity contribution < 1.29 is 9.53 Å². The predicted octanol–water partition coefficient (Wildman–Crippen LogP) is 5.34. The number of benzene rings is 3. The Hall–Kier alpha value is -3.10. The standard InChI is InChI=1S/C23H19BrN4O2S/c24-17-8-7-9-18(14-17)25-22(29)16-31-23-27-26-21(15-30-20-12-5-2-6-13-20)28(23)19-10-3-1-4-11-19/h1-14H,15-16H2,(H,25,29). The minimum Gasteiger partial charge on any atom is -0.486 e. The summed E-state index contributed by atoms with van der Waals surface area (Å²) in [5.41, 5.74) is 1.65. The first kappa shape index (κ1) is 21.1. The van der Waals surface area contributed by atoms with Gasteiger partial charge in [-0.2, -0.15) is 0 Å². The van der Waals surface area contributed by atoms with E-state index >= 15 is 0 Å². The van der Waals surface area contributed by atoms with Gasteiger partial charge in [0.15, 0.2) is 11.0 Å². The zero-order valence-corrected chi connectivity index (χ0v) is 18.8. The second kappa shape index (κ2) is 10.3. The number of carbonyl (C=O) groups is 1. The van der Waals surface area contributed by atoms with Gasteiger partial charge in [0.2, 0.25) is 5.91 Å². The Balaban J connectivity index is 1.49. The van der Waals surface area contributed by atoms with Crippen molar-refractivity contribution in [2.75, 3.05) is 11.1 Å². The van der Waals surface area contributed by atoms with Crippen molar-refractivity contribution in [1.82, 2.24) is 14.8 Å². The fraction of sp³-hybridized carbons (Fsp3) is 0.0870. The maximum Gasteiger partial charge on any atom is 0.234 e. The molecule has 0 fully saturated rings. The van der Waals surface area contributed by atoms with E-state index in [1.807, 2.05) is 89.5 Å². The number of ether oxygens (including phenoxy) is 1. The maximum absolute atomic E-state index is 12.4. The highest BCUT2D eigenvalue weighted by molar-refractivity contribution is 9.10. The molecule has 1 aromatic heterocycles. The number of hydrogen-bond donors (Lipinski definition) is 1. The first-order chi connectivity index (χ1) is 15.2. The predicted molar refractivity (Wildman–Crippen MR) is 126 cm³/mol. The van der Waals surface area contributed by atoms with Crippen LogP contribution in [0.25, 0.3) is 5.69 Å². The molecule has 0 aliphatic heterocycles. The first-order valence-corrected chi connectivity index (χ1v) is 11.3. The van der Waals surface area contributed by atoms with Crippen LogP contribution in [0.2, 0.25) is 0 Å². The molecule has 31 heavy (non-hydrogen) atoms. The molecule has 0 aliphatic carbocycles. The van der Waals surface area contributed by atoms with Crippen LogP contribution in [0, 0.1) is 0 Å². The molecule has 4 aromatic rings. The van der Waals surface area contributed by atoms with E-state index < -0.39 is 0 Å². The van der Waals surface area contributed by atoms with Crippen LogP contribution in [0.15, 0.2) is 94.6 Å². The van der Waals surface area contributed by atoms with Gasteiger partial charge in [0.25, 0.3) is 0 Å². The van der Waals surface area contributed by atoms with Crippen LogP contribution in [0.1, 0.15) is 5.82 Å². The SMILES string of the molecule is O=C(CSc1nnc(COc2ccccc2)n1-c1ccccc1)Nc1cccc(Br)c1. The maximum atomic E-state index is 12.4. The number of nitrogens with zero attached hydrogens (tertiary/aromatic N) is 3. The second-order valence-corrected chi connectivity index (χ2v) is 8.38. The van der Waals surface area contributed by atoms with Gasteiger partial charge < -0.3 is 10.1 Å². The number of hydrogen-bond acceptors (Lipinski definition) is 5. The average Bonchev–Trinajstić information content (AvgIpc) is 3.20. The molecular formula is C23H19BrN4O2S. The van der Waals surface area contributed by atoms with E-state index in [1.54, 1.807) is 0 Å². The van der Waals surface area contributed by atoms with Crippen LogP contribution in [-0.4, -0.2) is 26.4 Å². The molecule has 1 N–H and O–H groups in total. The normalized spacial score (nSPS) is 10.6. The number of nitrogens with one attached hydrogen (secondary N) is 1. The minimum atomic E-state index is -0.118. The van der Waals surface area contributed by atoms with Crippen LogP contribution in [0.4, 0.5) is 5.69 Å². The lowest BCUT2D eigenvalue weighted by atomic mass is 10.3. The smallest absolute Gasteiger partial charge is 0.234 e. The van der Waals surface area contributed by atoms with Gasteiger partial charge in [-0.3, -0.25) is 9.36 Å². The Morgan fingerprint density at radius 3 is 2.45 bits per heavy atom. The topological polar surface area (TPSA) is 69.0 Å². The largest absolute Gasteiger partial charge is 0.486 e. The van der Waals surface area contributed by atoms with Gasteiger partial charge in [-0.25, -0.2) is 0 Å². The first-order valence-electron chi connectivity index (χ1n) is 9.55. The summed E-state index contributed by atoms with van der Waals surface area (Å²) in [5, 5.41) is 12.1. The molecule has 4 rings (SSSR count). The third kappa shape index (κ3) is 5.74. The summed E-state index contributed by atoms with van der Waals surface area (Å²) in [6.45, 7) is 0.261. The van der Waals surface area contributed by atoms with E-state index in [1.165, 1.54) is 11.8 Å². The molecule has 6 nitrogen and oxygen atoms in total. The third-order valence-corrected chi connectivity index (χ3v) is 5.69. The number of amides is 1. The highest BCUT2D eigenvalue weighted by Crippen LogP contribution is 2.24. The summed E-state index contributed by atoms with van der Waals surface area (Å²) in [4.78, 5) is 12.4. The molecule has 156 valence electrons. The van der Waals surface area contributed by atoms with Crippen molar-refractivity contribution in [2.24, 2.45) is 0 Å². The van der Waals surface area contributed by atoms with Gasteiger partial charge in [0.05, 0.1) is 5.75 Å². The molecule has 0 saturated heterocycles. The fourth-order valence-electron chi connectivity index (χ4n) is 2.88. The van der Waals surface area contributed by atoms with Gasteiger partial charge in [-0.05, 0) is 42.5 Å². The Morgan fingerprint density at radius 2 is 1.71 bits per heavy atom. The van der Waals surface area contributed by atoms with Crippen molar-refractivity contribution >= 4 is 39.3 Å². The van der Waals surface area contributed by atoms with E-state index in [9.17, 15) is 4.79 Å². The summed E-state index contributed by atoms with van der Waals surface area (Å²) >= 11 is 4.73. The Bertz CT molecular complexity index is 1150. The van der Waals surface area contributed by atoms with E-state index in [4.69, 9.17) is 4.74 Å². The quantitative estimate of drug-likeness (QED) is 0.334. The Morgan fingerprint density at radius 1 is 0.968 bits per heavy atom. The van der Waals surface area contributed by atoms with Crippen molar-refractivity contribution in [3.05, 3.63) is 95.2 Å². The van der Waals surface area contributed by atoms with Gasteiger partial charge in [0.1, 0.15) is 12.4 Å². The average molecular weight is 495 g/mol. The molecule has 1 heterocycles. The third-order valence-electron chi connectivity index (χ3n) is 4.27. The molecule has 3 aromatic carbocycles. The Labute approximate surface area is 192 Å². The lowest BCUT2D eigenvalue weighted by Crippen LogP contribution is -2.14. The van der Waals surface area contributed by atoms with Crippen LogP contribution < -0.4 is 10.1 Å². The molecule has 0 saturated carbocycles. The van der Waals surface area contributed by atoms with Gasteiger partial charge in [-0.1, -0.05) is 70.2 Å². The fourth-order valence-corrected chi connectivity index (χ4v) is 4.05. The number of carbonyl (C=O) groups excluding carboxylic acids is 1. The van der Waals surface area contributed by atoms with Crippen molar-refractivity contribution in [2.45, 2.75) is 11.8 Å². The van der Waals surface area contributed by atoms with Crippen LogP contribution >= 0.6 is 27.7 Å². The summed E-state index contributed by atoms with van der Waals surface area (Å²) in [7, 11) is 0. The molecular weight excluding hydrogens is 476 g/mol. The summed E-state index contributed by atoms with van der Waals surface area (Å²) in [5.74, 6) is 1.50. The minimum absolute atomic E-state index is 0.118. The number of para-hydroxylation sites is 2. The monoisotopic (exact) mass is 494 g/mol. The molecule has 0 spiro atoms. The van der Waals surface area contributed by atoms with E-state index in [2.05, 4.69) is 31.4 Å². The van der Waals surface area contributed by atoms with Gasteiger partial charge >= 0.3 is 0 Å². The summed E-state index contributed by atoms with van der Waals surface area (Å²) in [6, 6.07) is 26.8. The number of thioether (sulfide) groups is 1. The number of aromatic nitrogens is 3. The molecule has 1 amide bonds. The van der Waals surface area contributed by atoms with Crippen LogP contribution in [0.5, 0.6) is 5.75 Å². The van der Waals surface area contributed by atoms with Gasteiger partial charge in [0, 0.05) is 15.8 Å². The van der Waals surface area contributed by atoms with Crippen molar-refractivity contribution in [3.8, 4) is 11.4 Å². The van der Waals surface area contributed by atoms with Crippen molar-refractivity contribution in [3.63, 3.8) is 0 Å². The van der Waals surface area contributed by atoms with E-state index in [0.717, 1.165) is 21.6 Å². The second-order valence-electron chi connectivity index (χ2n) is 6.52. The molecule has 0 radical (unpaired) electrons. The van der Waals surface area contributed by atoms with E-state index in [0.29, 0.717) is 11.0 Å². The lowest BCUT2D eigenvalue weighted by molar-refractivity contribution is -0.113. The zero-order chi connectivity index (χ0) is 21.5. The number of anilines is 1. The van der Waals surface area contributed by atoms with Crippen LogP contribution in [0.3, 0.4) is 0 Å². The summed E-state index contributed by atoms with van der Waals surface area (Å²) in [6.07, 6.45) is 0. The summed E-state index contributed by atoms with van der Waals surface area (Å²) < 4.78 is 8.69. The molecule has 0 aliphatic rings. The Kier molecular flexibility index (Phi) is 7.01. The molecule has 0 bridgehead atoms. The molecule has 8 heteroatoms. The molecule has 0 atom stereocenters. The number of halogens is 1. The number of rotatable bonds is 8. The van der Waals surface area contributed by atoms with Gasteiger partial charge in [-0.15, -0.1) is 10.2 Å². The van der Waals surface area contributed by atoms with Crippen LogP contribution in [-0.2, 0) is 11.4 Å². The highest BCUT2D eigenvalue weighted by Gasteiger charge is 2.16. The highest BCUT2D eigenvalue weighted by atomic mass is 79.9. The van der Waals surface area contributed by atoms with E-state index in [-0.39, 0.29) is 18.3 Å². The zero-order valence-electron chi connectivity index (χ0n) is 16.4.